The second-order valence-electron chi connectivity index (χ2n) is 9.44. The maximum atomic E-state index is 13.3. The molecular formula is C25H36N6O6S2. The van der Waals surface area contributed by atoms with Crippen molar-refractivity contribution in [3.8, 4) is 0 Å². The lowest BCUT2D eigenvalue weighted by atomic mass is 10.1. The van der Waals surface area contributed by atoms with Gasteiger partial charge in [0.15, 0.2) is 16.9 Å². The molecule has 0 bridgehead atoms. The number of hydrogen-bond donors (Lipinski definition) is 2. The fourth-order valence-electron chi connectivity index (χ4n) is 4.26. The molecule has 0 spiro atoms. The second kappa shape index (κ2) is 13.7. The van der Waals surface area contributed by atoms with Crippen LogP contribution in [0.1, 0.15) is 23.8 Å². The Labute approximate surface area is 233 Å². The van der Waals surface area contributed by atoms with Crippen LogP contribution >= 0.6 is 11.3 Å². The van der Waals surface area contributed by atoms with E-state index in [0.717, 1.165) is 37.6 Å². The molecule has 14 heteroatoms. The summed E-state index contributed by atoms with van der Waals surface area (Å²) in [6.07, 6.45) is 2.17. The number of benzene rings is 1. The Kier molecular flexibility index (Phi) is 10.4. The van der Waals surface area contributed by atoms with Crippen molar-refractivity contribution < 1.29 is 27.9 Å². The molecule has 39 heavy (non-hydrogen) atoms. The quantitative estimate of drug-likeness (QED) is 0.279. The van der Waals surface area contributed by atoms with E-state index in [0.29, 0.717) is 30.3 Å². The van der Waals surface area contributed by atoms with Gasteiger partial charge in [-0.1, -0.05) is 24.2 Å². The first-order valence-electron chi connectivity index (χ1n) is 13.0. The number of ether oxygens (including phenoxy) is 1. The highest BCUT2D eigenvalue weighted by molar-refractivity contribution is 7.89. The molecule has 4 rings (SSSR count). The van der Waals surface area contributed by atoms with Gasteiger partial charge in [-0.25, -0.2) is 13.4 Å². The maximum Gasteiger partial charge on any atom is 0.280 e. The maximum absolute atomic E-state index is 13.3. The normalized spacial score (nSPS) is 19.5. The highest BCUT2D eigenvalue weighted by Gasteiger charge is 2.25. The molecule has 0 aliphatic carbocycles. The summed E-state index contributed by atoms with van der Waals surface area (Å²) in [5, 5.41) is 16.6. The molecule has 0 saturated carbocycles. The largest absolute Gasteiger partial charge is 0.395 e. The van der Waals surface area contributed by atoms with Crippen LogP contribution in [-0.4, -0.2) is 116 Å². The molecule has 1 aromatic carbocycles. The Bertz CT molecular complexity index is 1220. The van der Waals surface area contributed by atoms with Crippen LogP contribution in [0.3, 0.4) is 0 Å². The molecule has 12 nitrogen and oxygen atoms in total. The number of nitrogens with one attached hydrogen (secondary N) is 1. The lowest BCUT2D eigenvalue weighted by Crippen LogP contribution is -2.43. The topological polar surface area (TPSA) is 137 Å². The van der Waals surface area contributed by atoms with Gasteiger partial charge >= 0.3 is 0 Å². The molecule has 1 atom stereocenters. The van der Waals surface area contributed by atoms with Gasteiger partial charge in [-0.3, -0.25) is 15.0 Å². The van der Waals surface area contributed by atoms with Crippen LogP contribution < -0.4 is 5.32 Å². The number of thiazole rings is 1. The highest BCUT2D eigenvalue weighted by Crippen LogP contribution is 2.22. The van der Waals surface area contributed by atoms with E-state index in [1.54, 1.807) is 13.1 Å². The van der Waals surface area contributed by atoms with Crippen molar-refractivity contribution in [3.05, 3.63) is 40.9 Å². The van der Waals surface area contributed by atoms with Crippen LogP contribution in [0.15, 0.2) is 40.5 Å². The average molecular weight is 581 g/mol. The Morgan fingerprint density at radius 3 is 2.67 bits per heavy atom. The number of aliphatic hydroxyl groups excluding tert-OH is 1. The van der Waals surface area contributed by atoms with Crippen LogP contribution in [0, 0.1) is 0 Å². The van der Waals surface area contributed by atoms with Crippen LogP contribution in [0.2, 0.25) is 0 Å². The number of aromatic nitrogens is 1. The second-order valence-corrected chi connectivity index (χ2v) is 12.5. The van der Waals surface area contributed by atoms with Crippen molar-refractivity contribution in [1.82, 2.24) is 19.1 Å². The Hall–Kier alpha value is -2.46. The van der Waals surface area contributed by atoms with E-state index in [1.165, 1.54) is 39.9 Å². The van der Waals surface area contributed by atoms with Crippen molar-refractivity contribution in [2.24, 2.45) is 5.16 Å². The van der Waals surface area contributed by atoms with Gasteiger partial charge in [-0.2, -0.15) is 4.31 Å². The van der Waals surface area contributed by atoms with Crippen molar-refractivity contribution >= 4 is 38.1 Å². The number of rotatable bonds is 12. The number of nitrogens with zero attached hydrogens (tertiary/aromatic N) is 5. The molecule has 3 heterocycles. The minimum Gasteiger partial charge on any atom is -0.395 e. The zero-order valence-corrected chi connectivity index (χ0v) is 23.9. The first kappa shape index (κ1) is 29.5. The van der Waals surface area contributed by atoms with Crippen LogP contribution in [0.5, 0.6) is 0 Å². The third-order valence-corrected chi connectivity index (χ3v) is 9.50. The van der Waals surface area contributed by atoms with Gasteiger partial charge in [0, 0.05) is 68.9 Å². The molecule has 2 aliphatic heterocycles. The molecule has 2 N–H and O–H groups in total. The summed E-state index contributed by atoms with van der Waals surface area (Å²) in [4.78, 5) is 29.0. The predicted octanol–water partition coefficient (Wildman–Crippen LogP) is 1.04. The van der Waals surface area contributed by atoms with Gasteiger partial charge in [-0.05, 0) is 19.2 Å². The Morgan fingerprint density at radius 2 is 2.03 bits per heavy atom. The molecule has 2 fully saturated rings. The summed E-state index contributed by atoms with van der Waals surface area (Å²) < 4.78 is 32.4. The number of piperazine rings is 1. The molecule has 0 unspecified atom stereocenters. The monoisotopic (exact) mass is 580 g/mol. The highest BCUT2D eigenvalue weighted by atomic mass is 32.2. The molecule has 0 radical (unpaired) electrons. The number of sulfonamides is 1. The lowest BCUT2D eigenvalue weighted by Gasteiger charge is -2.31. The van der Waals surface area contributed by atoms with Gasteiger partial charge in [0.05, 0.1) is 24.7 Å². The Balaban J connectivity index is 1.49. The number of aliphatic hydroxyl groups is 1. The SMILES string of the molecule is CCN(CCO)S(=O)(=O)c1ccc(/C(=N\O[C@@H]2CCOC2)C(=O)Nc2ncc(CN3CCN(C)CC3)s2)cc1. The number of amides is 1. The Morgan fingerprint density at radius 1 is 1.28 bits per heavy atom. The first-order valence-corrected chi connectivity index (χ1v) is 15.3. The first-order chi connectivity index (χ1) is 18.8. The molecule has 2 aromatic rings. The van der Waals surface area contributed by atoms with E-state index in [9.17, 15) is 18.3 Å². The standard InChI is InChI=1S/C25H36N6O6S2/c1-3-31(13-14-32)39(34,35)22-6-4-19(5-7-22)23(28-37-20-8-15-36-18-20)24(33)27-25-26-16-21(38-25)17-30-11-9-29(2)10-12-30/h4-7,16,20,32H,3,8-15,17-18H2,1-2H3,(H,26,27,33)/b28-23+/t20-/m1/s1. The summed E-state index contributed by atoms with van der Waals surface area (Å²) in [6, 6.07) is 5.88. The van der Waals surface area contributed by atoms with E-state index >= 15 is 0 Å². The third-order valence-electron chi connectivity index (χ3n) is 6.61. The summed E-state index contributed by atoms with van der Waals surface area (Å²) in [5.41, 5.74) is 0.397. The van der Waals surface area contributed by atoms with E-state index in [1.807, 2.05) is 0 Å². The number of carbonyl (C=O) groups excluding carboxylic acids is 1. The van der Waals surface area contributed by atoms with Crippen LogP contribution in [0.4, 0.5) is 5.13 Å². The molecular weight excluding hydrogens is 544 g/mol. The van der Waals surface area contributed by atoms with Crippen molar-refractivity contribution in [1.29, 1.82) is 0 Å². The average Bonchev–Trinajstić information content (AvgIpc) is 3.61. The van der Waals surface area contributed by atoms with E-state index in [4.69, 9.17) is 9.57 Å². The predicted molar refractivity (Wildman–Crippen MR) is 148 cm³/mol. The molecule has 1 aromatic heterocycles. The number of carbonyl (C=O) groups is 1. The van der Waals surface area contributed by atoms with E-state index in [-0.39, 0.29) is 36.4 Å². The number of oxime groups is 1. The van der Waals surface area contributed by atoms with Gasteiger partial charge in [0.2, 0.25) is 10.0 Å². The van der Waals surface area contributed by atoms with Crippen molar-refractivity contribution in [2.45, 2.75) is 30.9 Å². The van der Waals surface area contributed by atoms with Crippen molar-refractivity contribution in [3.63, 3.8) is 0 Å². The zero-order valence-electron chi connectivity index (χ0n) is 22.3. The van der Waals surface area contributed by atoms with Crippen LogP contribution in [-0.2, 0) is 30.9 Å². The minimum absolute atomic E-state index is 0.00237. The fraction of sp³-hybridized carbons (Fsp3) is 0.560. The summed E-state index contributed by atoms with van der Waals surface area (Å²) in [7, 11) is -1.68. The third kappa shape index (κ3) is 7.81. The van der Waals surface area contributed by atoms with E-state index < -0.39 is 15.9 Å². The molecule has 2 saturated heterocycles. The summed E-state index contributed by atoms with van der Waals surface area (Å²) in [6.45, 7) is 7.37. The van der Waals surface area contributed by atoms with E-state index in [2.05, 4.69) is 32.3 Å². The van der Waals surface area contributed by atoms with Gasteiger partial charge in [0.1, 0.15) is 0 Å². The van der Waals surface area contributed by atoms with Gasteiger partial charge in [0.25, 0.3) is 5.91 Å². The molecule has 1 amide bonds. The lowest BCUT2D eigenvalue weighted by molar-refractivity contribution is -0.110. The van der Waals surface area contributed by atoms with Gasteiger partial charge < -0.3 is 19.6 Å². The zero-order chi connectivity index (χ0) is 27.8. The molecule has 2 aliphatic rings. The molecule has 214 valence electrons. The number of anilines is 1. The number of hydrogen-bond acceptors (Lipinski definition) is 11. The summed E-state index contributed by atoms with van der Waals surface area (Å²) >= 11 is 1.41. The fourth-order valence-corrected chi connectivity index (χ4v) is 6.55. The van der Waals surface area contributed by atoms with Crippen LogP contribution in [0.25, 0.3) is 0 Å². The van der Waals surface area contributed by atoms with Crippen molar-refractivity contribution in [2.75, 3.05) is 71.5 Å². The number of likely N-dealkylation sites (N-methyl/N-ethyl adjacent to an activating group) is 2. The summed E-state index contributed by atoms with van der Waals surface area (Å²) in [5.74, 6) is -0.513. The smallest absolute Gasteiger partial charge is 0.280 e. The minimum atomic E-state index is -3.79. The van der Waals surface area contributed by atoms with Gasteiger partial charge in [-0.15, -0.1) is 11.3 Å².